The molecule has 4 heteroatoms. The Kier molecular flexibility index (Phi) is 4.05. The summed E-state index contributed by atoms with van der Waals surface area (Å²) < 4.78 is 6.87. The van der Waals surface area contributed by atoms with Crippen LogP contribution < -0.4 is 5.32 Å². The average molecular weight is 302 g/mol. The fourth-order valence-electron chi connectivity index (χ4n) is 1.81. The standard InChI is InChI=1S/C12H16BrNOS/c1-3-14-11(9-5-4-6-15-9)10-7-8(2)12(13)16-10/h5,7,11,14H,3-4,6H2,1-2H3. The molecule has 0 aliphatic carbocycles. The maximum Gasteiger partial charge on any atom is 0.114 e. The molecule has 0 saturated carbocycles. The Labute approximate surface area is 109 Å². The maximum absolute atomic E-state index is 5.66. The van der Waals surface area contributed by atoms with Gasteiger partial charge in [0, 0.05) is 11.3 Å². The van der Waals surface area contributed by atoms with Crippen LogP contribution in [0.2, 0.25) is 0 Å². The lowest BCUT2D eigenvalue weighted by atomic mass is 10.1. The zero-order valence-electron chi connectivity index (χ0n) is 9.55. The third kappa shape index (κ3) is 2.50. The highest BCUT2D eigenvalue weighted by atomic mass is 79.9. The van der Waals surface area contributed by atoms with Crippen molar-refractivity contribution in [2.75, 3.05) is 13.2 Å². The normalized spacial score (nSPS) is 17.1. The van der Waals surface area contributed by atoms with E-state index in [1.165, 1.54) is 14.2 Å². The van der Waals surface area contributed by atoms with Crippen LogP contribution in [0.15, 0.2) is 21.7 Å². The SMILES string of the molecule is CCNC(C1=CCCO1)c1cc(C)c(Br)s1. The fraction of sp³-hybridized carbons (Fsp3) is 0.500. The van der Waals surface area contributed by atoms with E-state index in [9.17, 15) is 0 Å². The van der Waals surface area contributed by atoms with Gasteiger partial charge in [-0.25, -0.2) is 0 Å². The summed E-state index contributed by atoms with van der Waals surface area (Å²) >= 11 is 5.36. The Morgan fingerprint density at radius 2 is 2.44 bits per heavy atom. The molecule has 0 bridgehead atoms. The predicted molar refractivity (Wildman–Crippen MR) is 71.8 cm³/mol. The monoisotopic (exact) mass is 301 g/mol. The molecule has 1 N–H and O–H groups in total. The van der Waals surface area contributed by atoms with E-state index in [4.69, 9.17) is 4.74 Å². The number of nitrogens with one attached hydrogen (secondary N) is 1. The van der Waals surface area contributed by atoms with Crippen molar-refractivity contribution in [3.05, 3.63) is 32.1 Å². The van der Waals surface area contributed by atoms with Gasteiger partial charge in [0.2, 0.25) is 0 Å². The molecule has 1 aliphatic heterocycles. The van der Waals surface area contributed by atoms with E-state index in [0.29, 0.717) is 0 Å². The van der Waals surface area contributed by atoms with Crippen molar-refractivity contribution in [3.8, 4) is 0 Å². The molecular weight excluding hydrogens is 286 g/mol. The maximum atomic E-state index is 5.66. The number of hydrogen-bond donors (Lipinski definition) is 1. The Hall–Kier alpha value is -0.320. The number of likely N-dealkylation sites (N-methyl/N-ethyl adjacent to an activating group) is 1. The summed E-state index contributed by atoms with van der Waals surface area (Å²) in [4.78, 5) is 1.32. The van der Waals surface area contributed by atoms with Crippen molar-refractivity contribution in [3.63, 3.8) is 0 Å². The first-order chi connectivity index (χ1) is 7.72. The molecule has 0 saturated heterocycles. The number of hydrogen-bond acceptors (Lipinski definition) is 3. The van der Waals surface area contributed by atoms with Crippen LogP contribution in [-0.2, 0) is 4.74 Å². The first-order valence-corrected chi connectivity index (χ1v) is 7.15. The Morgan fingerprint density at radius 3 is 2.94 bits per heavy atom. The van der Waals surface area contributed by atoms with Crippen LogP contribution >= 0.6 is 27.3 Å². The van der Waals surface area contributed by atoms with Gasteiger partial charge in [-0.3, -0.25) is 0 Å². The second kappa shape index (κ2) is 5.34. The van der Waals surface area contributed by atoms with Gasteiger partial charge in [0.05, 0.1) is 16.4 Å². The zero-order chi connectivity index (χ0) is 11.5. The summed E-state index contributed by atoms with van der Waals surface area (Å²) in [5, 5.41) is 3.48. The van der Waals surface area contributed by atoms with Gasteiger partial charge < -0.3 is 10.1 Å². The summed E-state index contributed by atoms with van der Waals surface area (Å²) in [6.07, 6.45) is 3.22. The van der Waals surface area contributed by atoms with E-state index in [2.05, 4.69) is 47.2 Å². The highest BCUT2D eigenvalue weighted by molar-refractivity contribution is 9.11. The van der Waals surface area contributed by atoms with Crippen molar-refractivity contribution in [2.24, 2.45) is 0 Å². The van der Waals surface area contributed by atoms with E-state index >= 15 is 0 Å². The van der Waals surface area contributed by atoms with Crippen LogP contribution in [0.4, 0.5) is 0 Å². The average Bonchev–Trinajstić information content (AvgIpc) is 2.86. The van der Waals surface area contributed by atoms with E-state index in [1.807, 2.05) is 0 Å². The smallest absolute Gasteiger partial charge is 0.114 e. The lowest BCUT2D eigenvalue weighted by Crippen LogP contribution is -2.22. The number of rotatable bonds is 4. The largest absolute Gasteiger partial charge is 0.496 e. The summed E-state index contributed by atoms with van der Waals surface area (Å²) in [5.41, 5.74) is 1.29. The Bertz CT molecular complexity index is 380. The van der Waals surface area contributed by atoms with Gasteiger partial charge in [0.25, 0.3) is 0 Å². The second-order valence-corrected chi connectivity index (χ2v) is 6.24. The minimum absolute atomic E-state index is 0.225. The Morgan fingerprint density at radius 1 is 1.62 bits per heavy atom. The lowest BCUT2D eigenvalue weighted by Gasteiger charge is -2.17. The van der Waals surface area contributed by atoms with Crippen LogP contribution in [0.5, 0.6) is 0 Å². The molecule has 0 fully saturated rings. The number of halogens is 1. The molecule has 1 aromatic heterocycles. The third-order valence-corrected chi connectivity index (χ3v) is 4.79. The van der Waals surface area contributed by atoms with E-state index < -0.39 is 0 Å². The van der Waals surface area contributed by atoms with Gasteiger partial charge >= 0.3 is 0 Å². The molecule has 88 valence electrons. The van der Waals surface area contributed by atoms with Crippen LogP contribution in [0.3, 0.4) is 0 Å². The van der Waals surface area contributed by atoms with Crippen LogP contribution in [-0.4, -0.2) is 13.2 Å². The molecule has 2 rings (SSSR count). The molecule has 16 heavy (non-hydrogen) atoms. The van der Waals surface area contributed by atoms with Crippen LogP contribution in [0.25, 0.3) is 0 Å². The molecular formula is C12H16BrNOS. The number of thiophene rings is 1. The molecule has 1 aromatic rings. The van der Waals surface area contributed by atoms with Gasteiger partial charge in [-0.15, -0.1) is 11.3 Å². The fourth-order valence-corrected chi connectivity index (χ4v) is 3.46. The van der Waals surface area contributed by atoms with E-state index in [-0.39, 0.29) is 6.04 Å². The third-order valence-electron chi connectivity index (χ3n) is 2.59. The quantitative estimate of drug-likeness (QED) is 0.914. The molecule has 2 nitrogen and oxygen atoms in total. The summed E-state index contributed by atoms with van der Waals surface area (Å²) in [6.45, 7) is 6.01. The number of ether oxygens (including phenoxy) is 1. The summed E-state index contributed by atoms with van der Waals surface area (Å²) in [5.74, 6) is 1.08. The van der Waals surface area contributed by atoms with Crippen molar-refractivity contribution < 1.29 is 4.74 Å². The van der Waals surface area contributed by atoms with Crippen molar-refractivity contribution in [1.29, 1.82) is 0 Å². The van der Waals surface area contributed by atoms with Gasteiger partial charge in [-0.05, 0) is 47.1 Å². The van der Waals surface area contributed by atoms with Crippen molar-refractivity contribution in [1.82, 2.24) is 5.32 Å². The predicted octanol–water partition coefficient (Wildman–Crippen LogP) is 3.77. The topological polar surface area (TPSA) is 21.3 Å². The van der Waals surface area contributed by atoms with Crippen molar-refractivity contribution >= 4 is 27.3 Å². The minimum Gasteiger partial charge on any atom is -0.496 e. The minimum atomic E-state index is 0.225. The molecule has 0 amide bonds. The van der Waals surface area contributed by atoms with Gasteiger partial charge in [0.1, 0.15) is 5.76 Å². The zero-order valence-corrected chi connectivity index (χ0v) is 12.0. The van der Waals surface area contributed by atoms with E-state index in [0.717, 1.165) is 25.3 Å². The molecule has 1 unspecified atom stereocenters. The van der Waals surface area contributed by atoms with E-state index in [1.54, 1.807) is 11.3 Å². The Balaban J connectivity index is 2.24. The number of aryl methyl sites for hydroxylation is 1. The lowest BCUT2D eigenvalue weighted by molar-refractivity contribution is 0.217. The molecule has 1 atom stereocenters. The van der Waals surface area contributed by atoms with Crippen LogP contribution in [0.1, 0.15) is 29.8 Å². The van der Waals surface area contributed by atoms with Gasteiger partial charge in [0.15, 0.2) is 0 Å². The highest BCUT2D eigenvalue weighted by Gasteiger charge is 2.22. The van der Waals surface area contributed by atoms with Gasteiger partial charge in [-0.1, -0.05) is 6.92 Å². The first-order valence-electron chi connectivity index (χ1n) is 5.54. The summed E-state index contributed by atoms with van der Waals surface area (Å²) in [7, 11) is 0. The molecule has 0 aromatic carbocycles. The summed E-state index contributed by atoms with van der Waals surface area (Å²) in [6, 6.07) is 2.45. The second-order valence-electron chi connectivity index (χ2n) is 3.84. The molecule has 1 aliphatic rings. The van der Waals surface area contributed by atoms with Gasteiger partial charge in [-0.2, -0.15) is 0 Å². The van der Waals surface area contributed by atoms with Crippen molar-refractivity contribution in [2.45, 2.75) is 26.3 Å². The highest BCUT2D eigenvalue weighted by Crippen LogP contribution is 2.35. The first kappa shape index (κ1) is 12.1. The molecule has 0 radical (unpaired) electrons. The molecule has 2 heterocycles. The molecule has 0 spiro atoms. The van der Waals surface area contributed by atoms with Crippen LogP contribution in [0, 0.1) is 6.92 Å².